The molecule has 8 heteroatoms. The number of hydrogen-bond donors (Lipinski definition) is 1. The molecule has 0 saturated carbocycles. The highest BCUT2D eigenvalue weighted by atomic mass is 16.4. The van der Waals surface area contributed by atoms with Crippen molar-refractivity contribution < 1.29 is 14.3 Å². The normalized spacial score (nSPS) is 19.6. The number of carboxylic acids is 1. The summed E-state index contributed by atoms with van der Waals surface area (Å²) in [5.74, 6) is -1.14. The van der Waals surface area contributed by atoms with Crippen molar-refractivity contribution in [2.75, 3.05) is 0 Å². The van der Waals surface area contributed by atoms with E-state index in [1.807, 2.05) is 36.4 Å². The first-order valence-electron chi connectivity index (χ1n) is 7.35. The largest absolute Gasteiger partial charge is 0.481 e. The van der Waals surface area contributed by atoms with Gasteiger partial charge in [0, 0.05) is 11.3 Å². The lowest BCUT2D eigenvalue weighted by molar-refractivity contribution is -0.140. The summed E-state index contributed by atoms with van der Waals surface area (Å²) in [4.78, 5) is 16.0. The van der Waals surface area contributed by atoms with E-state index in [1.165, 1.54) is 4.68 Å². The van der Waals surface area contributed by atoms with Gasteiger partial charge in [-0.3, -0.25) is 4.79 Å². The maximum absolute atomic E-state index is 11.8. The van der Waals surface area contributed by atoms with Gasteiger partial charge in [-0.2, -0.15) is 4.68 Å². The van der Waals surface area contributed by atoms with Crippen molar-refractivity contribution >= 4 is 17.6 Å². The van der Waals surface area contributed by atoms with Crippen LogP contribution < -0.4 is 0 Å². The highest BCUT2D eigenvalue weighted by molar-refractivity contribution is 6.02. The lowest BCUT2D eigenvalue weighted by Crippen LogP contribution is -2.35. The fourth-order valence-electron chi connectivity index (χ4n) is 3.02. The molecule has 0 spiro atoms. The van der Waals surface area contributed by atoms with E-state index in [-0.39, 0.29) is 5.95 Å². The van der Waals surface area contributed by atoms with E-state index in [2.05, 4.69) is 20.5 Å². The lowest BCUT2D eigenvalue weighted by Gasteiger charge is -2.26. The van der Waals surface area contributed by atoms with Crippen LogP contribution in [-0.2, 0) is 4.79 Å². The smallest absolute Gasteiger partial charge is 0.314 e. The van der Waals surface area contributed by atoms with E-state index >= 15 is 0 Å². The molecule has 24 heavy (non-hydrogen) atoms. The second kappa shape index (κ2) is 5.41. The quantitative estimate of drug-likeness (QED) is 0.793. The van der Waals surface area contributed by atoms with Crippen LogP contribution in [0.2, 0.25) is 0 Å². The predicted octanol–water partition coefficient (Wildman–Crippen LogP) is 2.33. The Labute approximate surface area is 136 Å². The van der Waals surface area contributed by atoms with E-state index in [1.54, 1.807) is 13.2 Å². The highest BCUT2D eigenvalue weighted by Gasteiger charge is 2.42. The van der Waals surface area contributed by atoms with Crippen LogP contribution in [-0.4, -0.2) is 37.0 Å². The van der Waals surface area contributed by atoms with Gasteiger partial charge in [0.15, 0.2) is 0 Å². The Bertz CT molecular complexity index is 928. The zero-order chi connectivity index (χ0) is 16.7. The van der Waals surface area contributed by atoms with Crippen molar-refractivity contribution in [3.63, 3.8) is 0 Å². The molecule has 1 N–H and O–H groups in total. The molecule has 0 amide bonds. The molecule has 1 aromatic carbocycles. The van der Waals surface area contributed by atoms with Crippen molar-refractivity contribution in [2.24, 2.45) is 10.9 Å². The molecular formula is C16H13N5O3. The van der Waals surface area contributed by atoms with E-state index in [0.717, 1.165) is 11.1 Å². The van der Waals surface area contributed by atoms with Gasteiger partial charge in [0.25, 0.3) is 5.95 Å². The first kappa shape index (κ1) is 14.3. The van der Waals surface area contributed by atoms with E-state index < -0.39 is 17.9 Å². The molecule has 120 valence electrons. The molecule has 0 saturated heterocycles. The van der Waals surface area contributed by atoms with Gasteiger partial charge in [0.05, 0.1) is 6.26 Å². The molecule has 2 unspecified atom stereocenters. The van der Waals surface area contributed by atoms with Crippen LogP contribution in [0.5, 0.6) is 0 Å². The van der Waals surface area contributed by atoms with Gasteiger partial charge in [-0.05, 0) is 29.0 Å². The Morgan fingerprint density at radius 3 is 2.79 bits per heavy atom. The van der Waals surface area contributed by atoms with Gasteiger partial charge in [-0.1, -0.05) is 35.4 Å². The number of nitrogens with zero attached hydrogens (tertiary/aromatic N) is 5. The molecule has 8 nitrogen and oxygen atoms in total. The summed E-state index contributed by atoms with van der Waals surface area (Å²) >= 11 is 0. The molecule has 0 radical (unpaired) electrons. The van der Waals surface area contributed by atoms with Gasteiger partial charge >= 0.3 is 5.97 Å². The molecule has 3 aromatic rings. The van der Waals surface area contributed by atoms with Crippen molar-refractivity contribution in [3.05, 3.63) is 48.4 Å². The highest BCUT2D eigenvalue weighted by Crippen LogP contribution is 2.39. The summed E-state index contributed by atoms with van der Waals surface area (Å²) in [6.07, 6.45) is 1.54. The topological polar surface area (TPSA) is 106 Å². The van der Waals surface area contributed by atoms with Crippen molar-refractivity contribution in [3.8, 4) is 11.1 Å². The fourth-order valence-corrected chi connectivity index (χ4v) is 3.02. The summed E-state index contributed by atoms with van der Waals surface area (Å²) in [6, 6.07) is 10.7. The van der Waals surface area contributed by atoms with Crippen LogP contribution in [0.4, 0.5) is 5.95 Å². The number of aliphatic imine (C=N–C) groups is 1. The number of tetrazole rings is 1. The Morgan fingerprint density at radius 1 is 1.25 bits per heavy atom. The van der Waals surface area contributed by atoms with Crippen molar-refractivity contribution in [1.29, 1.82) is 0 Å². The molecule has 3 heterocycles. The second-order valence-electron chi connectivity index (χ2n) is 5.50. The summed E-state index contributed by atoms with van der Waals surface area (Å²) in [7, 11) is 0. The van der Waals surface area contributed by atoms with Crippen LogP contribution in [0, 0.1) is 5.92 Å². The fraction of sp³-hybridized carbons (Fsp3) is 0.188. The predicted molar refractivity (Wildman–Crippen MR) is 84.0 cm³/mol. The number of hydrogen-bond acceptors (Lipinski definition) is 6. The summed E-state index contributed by atoms with van der Waals surface area (Å²) < 4.78 is 7.08. The zero-order valence-corrected chi connectivity index (χ0v) is 12.7. The lowest BCUT2D eigenvalue weighted by atomic mass is 9.89. The SMILES string of the molecule is CC1=Nc2nnnn2C(c2occc2-c2ccccc2)C1C(=O)O. The monoisotopic (exact) mass is 323 g/mol. The third kappa shape index (κ3) is 2.11. The summed E-state index contributed by atoms with van der Waals surface area (Å²) in [5.41, 5.74) is 2.17. The van der Waals surface area contributed by atoms with E-state index in [0.29, 0.717) is 11.5 Å². The number of benzene rings is 1. The van der Waals surface area contributed by atoms with E-state index in [4.69, 9.17) is 4.42 Å². The molecule has 2 aromatic heterocycles. The van der Waals surface area contributed by atoms with Crippen LogP contribution in [0.15, 0.2) is 52.1 Å². The van der Waals surface area contributed by atoms with Crippen LogP contribution in [0.1, 0.15) is 18.7 Å². The Balaban J connectivity index is 1.91. The molecule has 4 rings (SSSR count). The number of fused-ring (bicyclic) bond motifs is 1. The molecule has 0 fully saturated rings. The summed E-state index contributed by atoms with van der Waals surface area (Å²) in [6.45, 7) is 1.66. The number of rotatable bonds is 3. The van der Waals surface area contributed by atoms with Crippen LogP contribution in [0.3, 0.4) is 0 Å². The number of aromatic nitrogens is 4. The van der Waals surface area contributed by atoms with Crippen molar-refractivity contribution in [1.82, 2.24) is 20.2 Å². The standard InChI is InChI=1S/C16H13N5O3/c1-9-12(15(22)23)13(21-16(17-9)18-19-20-21)14-11(7-8-24-14)10-5-3-2-4-6-10/h2-8,12-13H,1H3,(H,22,23). The minimum absolute atomic E-state index is 0.269. The average molecular weight is 323 g/mol. The third-order valence-corrected chi connectivity index (χ3v) is 4.10. The van der Waals surface area contributed by atoms with Gasteiger partial charge in [0.2, 0.25) is 0 Å². The first-order valence-corrected chi connectivity index (χ1v) is 7.35. The first-order chi connectivity index (χ1) is 11.7. The number of furan rings is 1. The van der Waals surface area contributed by atoms with Crippen LogP contribution in [0.25, 0.3) is 11.1 Å². The Morgan fingerprint density at radius 2 is 2.04 bits per heavy atom. The molecule has 1 aliphatic rings. The zero-order valence-electron chi connectivity index (χ0n) is 12.7. The van der Waals surface area contributed by atoms with Crippen LogP contribution >= 0.6 is 0 Å². The second-order valence-corrected chi connectivity index (χ2v) is 5.50. The molecule has 0 bridgehead atoms. The van der Waals surface area contributed by atoms with Crippen molar-refractivity contribution in [2.45, 2.75) is 13.0 Å². The minimum Gasteiger partial charge on any atom is -0.481 e. The number of carbonyl (C=O) groups is 1. The third-order valence-electron chi connectivity index (χ3n) is 4.10. The number of aliphatic carboxylic acids is 1. The molecular weight excluding hydrogens is 310 g/mol. The Kier molecular flexibility index (Phi) is 3.23. The number of carboxylic acid groups (broad SMARTS) is 1. The van der Waals surface area contributed by atoms with Gasteiger partial charge in [0.1, 0.15) is 17.7 Å². The maximum Gasteiger partial charge on any atom is 0.314 e. The summed E-state index contributed by atoms with van der Waals surface area (Å²) in [5, 5.41) is 21.1. The van der Waals surface area contributed by atoms with Gasteiger partial charge < -0.3 is 9.52 Å². The van der Waals surface area contributed by atoms with Gasteiger partial charge in [-0.15, -0.1) is 0 Å². The molecule has 1 aliphatic heterocycles. The van der Waals surface area contributed by atoms with E-state index in [9.17, 15) is 9.90 Å². The average Bonchev–Trinajstić information content (AvgIpc) is 3.23. The molecule has 0 aliphatic carbocycles. The maximum atomic E-state index is 11.8. The Hall–Kier alpha value is -3.29. The minimum atomic E-state index is -1.00. The molecule has 2 atom stereocenters. The van der Waals surface area contributed by atoms with Gasteiger partial charge in [-0.25, -0.2) is 4.99 Å².